The van der Waals surface area contributed by atoms with Gasteiger partial charge in [-0.15, -0.1) is 0 Å². The van der Waals surface area contributed by atoms with Crippen molar-refractivity contribution in [2.45, 2.75) is 69.7 Å². The van der Waals surface area contributed by atoms with E-state index in [-0.39, 0.29) is 16.8 Å². The fourth-order valence-electron chi connectivity index (χ4n) is 3.19. The minimum absolute atomic E-state index is 0.0884. The lowest BCUT2D eigenvalue weighted by molar-refractivity contribution is -0.147. The highest BCUT2D eigenvalue weighted by molar-refractivity contribution is 7.89. The zero-order valence-electron chi connectivity index (χ0n) is 16.6. The van der Waals surface area contributed by atoms with E-state index in [2.05, 4.69) is 10.0 Å². The van der Waals surface area contributed by atoms with Crippen LogP contribution in [0.1, 0.15) is 56.1 Å². The molecule has 0 bridgehead atoms. The molecule has 0 aliphatic heterocycles. The van der Waals surface area contributed by atoms with E-state index in [0.717, 1.165) is 36.8 Å². The fraction of sp³-hybridized carbons (Fsp3) is 0.600. The molecule has 0 heterocycles. The van der Waals surface area contributed by atoms with E-state index in [4.69, 9.17) is 4.74 Å². The molecule has 156 valence electrons. The Morgan fingerprint density at radius 3 is 2.32 bits per heavy atom. The molecule has 0 atom stereocenters. The number of esters is 1. The number of carbonyl (C=O) groups excluding carboxylic acids is 2. The molecule has 0 unspecified atom stereocenters. The molecule has 1 saturated carbocycles. The molecular formula is C20H30N2O5S. The average Bonchev–Trinajstić information content (AvgIpc) is 2.62. The van der Waals surface area contributed by atoms with Crippen LogP contribution in [0.3, 0.4) is 0 Å². The molecule has 0 radical (unpaired) electrons. The number of hydrogen-bond donors (Lipinski definition) is 2. The molecule has 2 rings (SSSR count). The first-order valence-electron chi connectivity index (χ1n) is 9.80. The first-order chi connectivity index (χ1) is 13.3. The minimum atomic E-state index is -3.81. The summed E-state index contributed by atoms with van der Waals surface area (Å²) in [5, 5.41) is 2.90. The second-order valence-electron chi connectivity index (χ2n) is 7.34. The zero-order valence-corrected chi connectivity index (χ0v) is 17.4. The van der Waals surface area contributed by atoms with E-state index in [1.54, 1.807) is 12.1 Å². The lowest BCUT2D eigenvalue weighted by Crippen LogP contribution is -2.39. The quantitative estimate of drug-likeness (QED) is 0.672. The Morgan fingerprint density at radius 1 is 1.04 bits per heavy atom. The van der Waals surface area contributed by atoms with Crippen molar-refractivity contribution in [2.75, 3.05) is 13.2 Å². The van der Waals surface area contributed by atoms with Gasteiger partial charge in [-0.05, 0) is 49.9 Å². The Labute approximate surface area is 167 Å². The predicted octanol–water partition coefficient (Wildman–Crippen LogP) is 2.35. The van der Waals surface area contributed by atoms with E-state index >= 15 is 0 Å². The Bertz CT molecular complexity index is 784. The Hall–Kier alpha value is -1.93. The molecule has 0 spiro atoms. The van der Waals surface area contributed by atoms with Crippen molar-refractivity contribution in [2.24, 2.45) is 0 Å². The summed E-state index contributed by atoms with van der Waals surface area (Å²) in [6, 6.07) is 4.86. The Morgan fingerprint density at radius 2 is 1.68 bits per heavy atom. The number of sulfonamides is 1. The first kappa shape index (κ1) is 22.4. The summed E-state index contributed by atoms with van der Waals surface area (Å²) < 4.78 is 31.6. The molecule has 1 fully saturated rings. The van der Waals surface area contributed by atoms with Crippen molar-refractivity contribution in [3.05, 3.63) is 29.3 Å². The Balaban J connectivity index is 1.75. The number of nitrogens with one attached hydrogen (secondary N) is 2. The third-order valence-electron chi connectivity index (χ3n) is 5.03. The van der Waals surface area contributed by atoms with Gasteiger partial charge in [-0.25, -0.2) is 8.42 Å². The average molecular weight is 411 g/mol. The van der Waals surface area contributed by atoms with Gasteiger partial charge in [-0.3, -0.25) is 9.59 Å². The predicted molar refractivity (Wildman–Crippen MR) is 106 cm³/mol. The van der Waals surface area contributed by atoms with E-state index in [0.29, 0.717) is 0 Å². The maximum Gasteiger partial charge on any atom is 0.321 e. The number of ether oxygens (including phenoxy) is 1. The summed E-state index contributed by atoms with van der Waals surface area (Å²) in [6.07, 6.45) is 7.67. The van der Waals surface area contributed by atoms with Crippen molar-refractivity contribution < 1.29 is 22.7 Å². The van der Waals surface area contributed by atoms with Gasteiger partial charge in [0.1, 0.15) is 6.54 Å². The van der Waals surface area contributed by atoms with Gasteiger partial charge < -0.3 is 10.1 Å². The van der Waals surface area contributed by atoms with Gasteiger partial charge in [-0.1, -0.05) is 38.2 Å². The number of rotatable bonds is 7. The van der Waals surface area contributed by atoms with Crippen LogP contribution >= 0.6 is 0 Å². The minimum Gasteiger partial charge on any atom is -0.455 e. The maximum absolute atomic E-state index is 12.3. The molecule has 28 heavy (non-hydrogen) atoms. The normalized spacial score (nSPS) is 16.1. The largest absolute Gasteiger partial charge is 0.455 e. The van der Waals surface area contributed by atoms with Gasteiger partial charge >= 0.3 is 5.97 Å². The number of benzene rings is 1. The molecule has 8 heteroatoms. The second-order valence-corrected chi connectivity index (χ2v) is 9.11. The van der Waals surface area contributed by atoms with Gasteiger partial charge in [0.2, 0.25) is 10.0 Å². The third kappa shape index (κ3) is 7.24. The highest BCUT2D eigenvalue weighted by Gasteiger charge is 2.18. The molecule has 1 aromatic carbocycles. The van der Waals surface area contributed by atoms with E-state index in [9.17, 15) is 18.0 Å². The maximum atomic E-state index is 12.3. The van der Waals surface area contributed by atoms with Crippen LogP contribution in [0.25, 0.3) is 0 Å². The molecule has 0 saturated heterocycles. The Kier molecular flexibility index (Phi) is 8.44. The summed E-state index contributed by atoms with van der Waals surface area (Å²) in [5.74, 6) is -1.14. The number of carbonyl (C=O) groups is 2. The lowest BCUT2D eigenvalue weighted by atomic mass is 9.97. The van der Waals surface area contributed by atoms with Crippen molar-refractivity contribution >= 4 is 21.9 Å². The monoisotopic (exact) mass is 410 g/mol. The van der Waals surface area contributed by atoms with Crippen molar-refractivity contribution in [1.82, 2.24) is 10.0 Å². The summed E-state index contributed by atoms with van der Waals surface area (Å²) >= 11 is 0. The van der Waals surface area contributed by atoms with Crippen LogP contribution in [0.5, 0.6) is 0 Å². The molecule has 1 amide bonds. The number of hydrogen-bond acceptors (Lipinski definition) is 5. The van der Waals surface area contributed by atoms with Gasteiger partial charge in [0.05, 0.1) is 4.90 Å². The topological polar surface area (TPSA) is 102 Å². The van der Waals surface area contributed by atoms with Gasteiger partial charge in [0, 0.05) is 6.04 Å². The molecular weight excluding hydrogens is 380 g/mol. The SMILES string of the molecule is Cc1ccc(S(=O)(=O)NCC(=O)OCC(=O)NC2CCCCCCC2)cc1C. The van der Waals surface area contributed by atoms with Crippen molar-refractivity contribution in [1.29, 1.82) is 0 Å². The number of aryl methyl sites for hydroxylation is 2. The van der Waals surface area contributed by atoms with Crippen LogP contribution in [-0.4, -0.2) is 39.5 Å². The van der Waals surface area contributed by atoms with Crippen LogP contribution in [0.4, 0.5) is 0 Å². The van der Waals surface area contributed by atoms with Gasteiger partial charge in [0.25, 0.3) is 5.91 Å². The second kappa shape index (κ2) is 10.6. The van der Waals surface area contributed by atoms with Crippen LogP contribution in [0.2, 0.25) is 0 Å². The lowest BCUT2D eigenvalue weighted by Gasteiger charge is -2.20. The summed E-state index contributed by atoms with van der Waals surface area (Å²) in [7, 11) is -3.81. The first-order valence-corrected chi connectivity index (χ1v) is 11.3. The molecule has 0 aromatic heterocycles. The van der Waals surface area contributed by atoms with E-state index in [1.165, 1.54) is 25.3 Å². The summed E-state index contributed by atoms with van der Waals surface area (Å²) in [4.78, 5) is 23.9. The molecule has 1 aliphatic carbocycles. The fourth-order valence-corrected chi connectivity index (χ4v) is 4.24. The van der Waals surface area contributed by atoms with Crippen LogP contribution < -0.4 is 10.0 Å². The van der Waals surface area contributed by atoms with Crippen molar-refractivity contribution in [3.8, 4) is 0 Å². The van der Waals surface area contributed by atoms with Gasteiger partial charge in [0.15, 0.2) is 6.61 Å². The summed E-state index contributed by atoms with van der Waals surface area (Å²) in [5.41, 5.74) is 1.82. The zero-order chi connectivity index (χ0) is 20.6. The molecule has 7 nitrogen and oxygen atoms in total. The third-order valence-corrected chi connectivity index (χ3v) is 6.43. The van der Waals surface area contributed by atoms with Crippen molar-refractivity contribution in [3.63, 3.8) is 0 Å². The smallest absolute Gasteiger partial charge is 0.321 e. The highest BCUT2D eigenvalue weighted by Crippen LogP contribution is 2.17. The van der Waals surface area contributed by atoms with E-state index in [1.807, 2.05) is 13.8 Å². The van der Waals surface area contributed by atoms with Gasteiger partial charge in [-0.2, -0.15) is 4.72 Å². The molecule has 1 aliphatic rings. The van der Waals surface area contributed by atoms with Crippen LogP contribution in [0.15, 0.2) is 23.1 Å². The number of amides is 1. The highest BCUT2D eigenvalue weighted by atomic mass is 32.2. The standard InChI is InChI=1S/C20H30N2O5S/c1-15-10-11-18(12-16(15)2)28(25,26)21-13-20(24)27-14-19(23)22-17-8-6-4-3-5-7-9-17/h10-12,17,21H,3-9,13-14H2,1-2H3,(H,22,23). The van der Waals surface area contributed by atoms with E-state index < -0.39 is 29.1 Å². The van der Waals surface area contributed by atoms with Crippen LogP contribution in [-0.2, 0) is 24.3 Å². The molecule has 2 N–H and O–H groups in total. The summed E-state index contributed by atoms with van der Waals surface area (Å²) in [6.45, 7) is 2.78. The molecule has 1 aromatic rings. The van der Waals surface area contributed by atoms with Crippen LogP contribution in [0, 0.1) is 13.8 Å².